The number of nitrogens with one attached hydrogen (secondary N) is 4. The second-order valence-corrected chi connectivity index (χ2v) is 6.91. The van der Waals surface area contributed by atoms with Gasteiger partial charge in [-0.2, -0.15) is 0 Å². The molecule has 4 rings (SSSR count). The molecule has 1 heterocycles. The summed E-state index contributed by atoms with van der Waals surface area (Å²) < 4.78 is 13.9. The Balaban J connectivity index is 1.42. The lowest BCUT2D eigenvalue weighted by Crippen LogP contribution is -2.30. The summed E-state index contributed by atoms with van der Waals surface area (Å²) in [6.07, 6.45) is 3.55. The number of amides is 3. The highest BCUT2D eigenvalue weighted by molar-refractivity contribution is 6.07. The van der Waals surface area contributed by atoms with Gasteiger partial charge in [-0.25, -0.2) is 14.2 Å². The molecule has 0 radical (unpaired) electrons. The van der Waals surface area contributed by atoms with Crippen molar-refractivity contribution < 1.29 is 14.0 Å². The Labute approximate surface area is 172 Å². The van der Waals surface area contributed by atoms with Gasteiger partial charge in [-0.05, 0) is 61.4 Å². The normalized spacial score (nSPS) is 12.7. The number of halogens is 1. The summed E-state index contributed by atoms with van der Waals surface area (Å²) in [5, 5.41) is 11.2. The number of rotatable bonds is 6. The molecule has 1 saturated carbocycles. The highest BCUT2D eigenvalue weighted by Crippen LogP contribution is 2.23. The van der Waals surface area contributed by atoms with E-state index in [9.17, 15) is 14.0 Å². The highest BCUT2D eigenvalue weighted by atomic mass is 19.1. The Morgan fingerprint density at radius 3 is 2.30 bits per heavy atom. The predicted molar refractivity (Wildman–Crippen MR) is 113 cm³/mol. The van der Waals surface area contributed by atoms with Gasteiger partial charge in [0.2, 0.25) is 0 Å². The van der Waals surface area contributed by atoms with Crippen molar-refractivity contribution in [2.24, 2.45) is 0 Å². The van der Waals surface area contributed by atoms with Crippen molar-refractivity contribution in [2.45, 2.75) is 18.9 Å². The van der Waals surface area contributed by atoms with Crippen LogP contribution in [-0.4, -0.2) is 23.0 Å². The van der Waals surface area contributed by atoms with Gasteiger partial charge in [-0.3, -0.25) is 4.79 Å². The SMILES string of the molecule is O=C(Nc1ccc(NC(=O)c2cccnc2Nc2ccccc2F)cc1)NC1CC1. The molecule has 152 valence electrons. The number of pyridine rings is 1. The Morgan fingerprint density at radius 2 is 1.60 bits per heavy atom. The predicted octanol–water partition coefficient (Wildman–Crippen LogP) is 4.50. The van der Waals surface area contributed by atoms with Crippen molar-refractivity contribution in [3.8, 4) is 0 Å². The Morgan fingerprint density at radius 1 is 0.900 bits per heavy atom. The largest absolute Gasteiger partial charge is 0.337 e. The van der Waals surface area contributed by atoms with Crippen molar-refractivity contribution in [3.63, 3.8) is 0 Å². The molecule has 7 nitrogen and oxygen atoms in total. The number of benzene rings is 2. The van der Waals surface area contributed by atoms with Crippen molar-refractivity contribution >= 4 is 34.8 Å². The number of hydrogen-bond donors (Lipinski definition) is 4. The fourth-order valence-corrected chi connectivity index (χ4v) is 2.79. The minimum Gasteiger partial charge on any atom is -0.337 e. The van der Waals surface area contributed by atoms with Crippen molar-refractivity contribution in [1.82, 2.24) is 10.3 Å². The molecule has 30 heavy (non-hydrogen) atoms. The molecule has 8 heteroatoms. The van der Waals surface area contributed by atoms with Gasteiger partial charge in [-0.15, -0.1) is 0 Å². The van der Waals surface area contributed by atoms with E-state index in [0.29, 0.717) is 11.4 Å². The smallest absolute Gasteiger partial charge is 0.319 e. The van der Waals surface area contributed by atoms with E-state index in [2.05, 4.69) is 26.3 Å². The summed E-state index contributed by atoms with van der Waals surface area (Å²) in [7, 11) is 0. The van der Waals surface area contributed by atoms with Crippen molar-refractivity contribution in [3.05, 3.63) is 78.2 Å². The van der Waals surface area contributed by atoms with Crippen LogP contribution < -0.4 is 21.3 Å². The van der Waals surface area contributed by atoms with Crippen LogP contribution in [0.15, 0.2) is 66.9 Å². The number of urea groups is 1. The first kappa shape index (κ1) is 19.4. The Bertz CT molecular complexity index is 1070. The van der Waals surface area contributed by atoms with E-state index in [-0.39, 0.29) is 29.1 Å². The van der Waals surface area contributed by atoms with Crippen LogP contribution in [0.3, 0.4) is 0 Å². The van der Waals surface area contributed by atoms with Gasteiger partial charge in [0.05, 0.1) is 11.3 Å². The van der Waals surface area contributed by atoms with Crippen LogP contribution >= 0.6 is 0 Å². The molecule has 0 bridgehead atoms. The monoisotopic (exact) mass is 405 g/mol. The third kappa shape index (κ3) is 4.91. The molecule has 0 spiro atoms. The molecule has 0 atom stereocenters. The fraction of sp³-hybridized carbons (Fsp3) is 0.136. The van der Waals surface area contributed by atoms with Crippen LogP contribution in [0.25, 0.3) is 0 Å². The second kappa shape index (κ2) is 8.60. The minimum atomic E-state index is -0.441. The number of hydrogen-bond acceptors (Lipinski definition) is 4. The van der Waals surface area contributed by atoms with Gasteiger partial charge in [0.1, 0.15) is 11.6 Å². The lowest BCUT2D eigenvalue weighted by molar-refractivity contribution is 0.102. The number of aromatic nitrogens is 1. The first-order valence-electron chi connectivity index (χ1n) is 9.54. The van der Waals surface area contributed by atoms with Gasteiger partial charge < -0.3 is 21.3 Å². The van der Waals surface area contributed by atoms with Gasteiger partial charge in [0, 0.05) is 23.6 Å². The Kier molecular flexibility index (Phi) is 5.56. The summed E-state index contributed by atoms with van der Waals surface area (Å²) in [5.74, 6) is -0.590. The minimum absolute atomic E-state index is 0.227. The van der Waals surface area contributed by atoms with E-state index >= 15 is 0 Å². The van der Waals surface area contributed by atoms with Crippen LogP contribution in [0.5, 0.6) is 0 Å². The van der Waals surface area contributed by atoms with E-state index in [1.165, 1.54) is 12.3 Å². The third-order valence-electron chi connectivity index (χ3n) is 4.49. The summed E-state index contributed by atoms with van der Waals surface area (Å²) in [4.78, 5) is 28.7. The molecule has 0 aliphatic heterocycles. The van der Waals surface area contributed by atoms with Crippen molar-refractivity contribution in [1.29, 1.82) is 0 Å². The number of carbonyl (C=O) groups excluding carboxylic acids is 2. The standard InChI is InChI=1S/C22H20FN5O2/c23-18-5-1-2-6-19(18)28-20-17(4-3-13-24-20)21(29)25-14-7-9-15(10-8-14)26-22(30)27-16-11-12-16/h1-10,13,16H,11-12H2,(H,24,28)(H,25,29)(H2,26,27,30). The zero-order chi connectivity index (χ0) is 20.9. The molecular formula is C22H20FN5O2. The summed E-state index contributed by atoms with van der Waals surface area (Å²) in [6.45, 7) is 0. The first-order chi connectivity index (χ1) is 14.6. The number of anilines is 4. The lowest BCUT2D eigenvalue weighted by Gasteiger charge is -2.12. The summed E-state index contributed by atoms with van der Waals surface area (Å²) in [6, 6.07) is 16.2. The third-order valence-corrected chi connectivity index (χ3v) is 4.49. The highest BCUT2D eigenvalue weighted by Gasteiger charge is 2.23. The zero-order valence-corrected chi connectivity index (χ0v) is 16.0. The molecule has 2 aromatic carbocycles. The maximum absolute atomic E-state index is 13.9. The molecule has 1 aliphatic rings. The summed E-state index contributed by atoms with van der Waals surface area (Å²) >= 11 is 0. The molecule has 0 unspecified atom stereocenters. The van der Waals surface area contributed by atoms with Gasteiger partial charge >= 0.3 is 6.03 Å². The Hall–Kier alpha value is -3.94. The van der Waals surface area contributed by atoms with Crippen LogP contribution in [0, 0.1) is 5.82 Å². The maximum Gasteiger partial charge on any atom is 0.319 e. The average Bonchev–Trinajstić information content (AvgIpc) is 3.55. The fourth-order valence-electron chi connectivity index (χ4n) is 2.79. The number of carbonyl (C=O) groups is 2. The second-order valence-electron chi connectivity index (χ2n) is 6.91. The maximum atomic E-state index is 13.9. The topological polar surface area (TPSA) is 95.2 Å². The van der Waals surface area contributed by atoms with Gasteiger partial charge in [0.15, 0.2) is 0 Å². The molecule has 3 amide bonds. The van der Waals surface area contributed by atoms with Crippen LogP contribution in [-0.2, 0) is 0 Å². The van der Waals surface area contributed by atoms with Gasteiger partial charge in [-0.1, -0.05) is 12.1 Å². The van der Waals surface area contributed by atoms with Crippen LogP contribution in [0.4, 0.5) is 32.1 Å². The van der Waals surface area contributed by atoms with E-state index < -0.39 is 11.7 Å². The lowest BCUT2D eigenvalue weighted by atomic mass is 10.2. The van der Waals surface area contributed by atoms with Crippen LogP contribution in [0.1, 0.15) is 23.2 Å². The van der Waals surface area contributed by atoms with E-state index in [4.69, 9.17) is 0 Å². The molecule has 4 N–H and O–H groups in total. The van der Waals surface area contributed by atoms with E-state index in [1.54, 1.807) is 54.6 Å². The molecule has 1 aliphatic carbocycles. The quantitative estimate of drug-likeness (QED) is 0.486. The van der Waals surface area contributed by atoms with Gasteiger partial charge in [0.25, 0.3) is 5.91 Å². The zero-order valence-electron chi connectivity index (χ0n) is 16.0. The average molecular weight is 405 g/mol. The van der Waals surface area contributed by atoms with Crippen molar-refractivity contribution in [2.75, 3.05) is 16.0 Å². The molecule has 3 aromatic rings. The molecule has 1 aromatic heterocycles. The van der Waals surface area contributed by atoms with E-state index in [0.717, 1.165) is 12.8 Å². The van der Waals surface area contributed by atoms with Crippen LogP contribution in [0.2, 0.25) is 0 Å². The number of para-hydroxylation sites is 1. The van der Waals surface area contributed by atoms with E-state index in [1.807, 2.05) is 0 Å². The summed E-state index contributed by atoms with van der Waals surface area (Å²) in [5.41, 5.74) is 1.67. The molecular weight excluding hydrogens is 385 g/mol. The first-order valence-corrected chi connectivity index (χ1v) is 9.54. The molecule has 1 fully saturated rings. The number of nitrogens with zero attached hydrogens (tertiary/aromatic N) is 1. The molecule has 0 saturated heterocycles.